The predicted molar refractivity (Wildman–Crippen MR) is 84.4 cm³/mol. The number of hydrogen-bond acceptors (Lipinski definition) is 0. The van der Waals surface area contributed by atoms with Crippen molar-refractivity contribution in [3.8, 4) is 0 Å². The van der Waals surface area contributed by atoms with Crippen molar-refractivity contribution in [3.05, 3.63) is 73.4 Å². The van der Waals surface area contributed by atoms with Crippen LogP contribution in [0.2, 0.25) is 0 Å². The number of allylic oxidation sites excluding steroid dienone is 8. The van der Waals surface area contributed by atoms with E-state index in [1.165, 1.54) is 12.2 Å². The summed E-state index contributed by atoms with van der Waals surface area (Å²) >= 11 is 0. The SMILES string of the molecule is C=C(C)/C=C\C(=C)F.C=C(F)/C=C\C(=C)CC.CC. The van der Waals surface area contributed by atoms with Crippen molar-refractivity contribution in [2.75, 3.05) is 0 Å². The standard InChI is InChI=1S/C8H11F.C7H9F.C2H6/c1-4-7(2)5-6-8(3)9;1-6(2)4-5-7(3)8;1-2/h5-6H,2-4H2,1H3;4-5H,1,3H2,2H3;1-2H3/b6-5-;5-4-;. The molecule has 108 valence electrons. The minimum atomic E-state index is -0.437. The fourth-order valence-corrected chi connectivity index (χ4v) is 0.559. The Morgan fingerprint density at radius 1 is 0.842 bits per heavy atom. The Kier molecular flexibility index (Phi) is 19.3. The average Bonchev–Trinajstić information content (AvgIpc) is 2.36. The van der Waals surface area contributed by atoms with Gasteiger partial charge in [-0.1, -0.05) is 70.4 Å². The van der Waals surface area contributed by atoms with E-state index in [0.717, 1.165) is 17.6 Å². The Morgan fingerprint density at radius 2 is 1.21 bits per heavy atom. The molecule has 2 heteroatoms. The zero-order valence-electron chi connectivity index (χ0n) is 12.6. The van der Waals surface area contributed by atoms with Crippen LogP contribution in [0.4, 0.5) is 8.78 Å². The summed E-state index contributed by atoms with van der Waals surface area (Å²) in [6.45, 7) is 21.0. The molecule has 0 aromatic heterocycles. The summed E-state index contributed by atoms with van der Waals surface area (Å²) < 4.78 is 23.6. The molecule has 0 aromatic carbocycles. The second-order valence-corrected chi connectivity index (χ2v) is 3.42. The zero-order chi connectivity index (χ0) is 15.8. The zero-order valence-corrected chi connectivity index (χ0v) is 12.6. The fourth-order valence-electron chi connectivity index (χ4n) is 0.559. The lowest BCUT2D eigenvalue weighted by Crippen LogP contribution is -1.68. The van der Waals surface area contributed by atoms with Crippen molar-refractivity contribution < 1.29 is 8.78 Å². The second kappa shape index (κ2) is 16.3. The Morgan fingerprint density at radius 3 is 1.42 bits per heavy atom. The third kappa shape index (κ3) is 31.4. The maximum absolute atomic E-state index is 11.9. The minimum Gasteiger partial charge on any atom is -0.208 e. The van der Waals surface area contributed by atoms with Crippen molar-refractivity contribution in [2.24, 2.45) is 0 Å². The van der Waals surface area contributed by atoms with E-state index in [9.17, 15) is 8.78 Å². The highest BCUT2D eigenvalue weighted by atomic mass is 19.1. The van der Waals surface area contributed by atoms with Crippen molar-refractivity contribution in [1.29, 1.82) is 0 Å². The molecule has 0 spiro atoms. The Labute approximate surface area is 117 Å². The first-order valence-corrected chi connectivity index (χ1v) is 6.17. The largest absolute Gasteiger partial charge is 0.208 e. The van der Waals surface area contributed by atoms with Gasteiger partial charge in [-0.2, -0.15) is 0 Å². The van der Waals surface area contributed by atoms with Gasteiger partial charge in [-0.3, -0.25) is 0 Å². The first-order chi connectivity index (χ1) is 8.79. The quantitative estimate of drug-likeness (QED) is 0.491. The summed E-state index contributed by atoms with van der Waals surface area (Å²) in [6.07, 6.45) is 6.64. The molecule has 0 aliphatic carbocycles. The van der Waals surface area contributed by atoms with E-state index in [1.54, 1.807) is 19.1 Å². The molecule has 19 heavy (non-hydrogen) atoms. The van der Waals surface area contributed by atoms with Crippen LogP contribution in [0.3, 0.4) is 0 Å². The van der Waals surface area contributed by atoms with E-state index >= 15 is 0 Å². The molecular weight excluding hydrogens is 242 g/mol. The van der Waals surface area contributed by atoms with Gasteiger partial charge in [-0.25, -0.2) is 8.78 Å². The first kappa shape index (κ1) is 22.5. The van der Waals surface area contributed by atoms with Gasteiger partial charge in [0.15, 0.2) is 0 Å². The smallest absolute Gasteiger partial charge is 0.116 e. The molecule has 0 aliphatic heterocycles. The summed E-state index contributed by atoms with van der Waals surface area (Å²) in [6, 6.07) is 0. The van der Waals surface area contributed by atoms with Crippen LogP contribution in [0.5, 0.6) is 0 Å². The van der Waals surface area contributed by atoms with E-state index in [1.807, 2.05) is 20.8 Å². The van der Waals surface area contributed by atoms with Crippen LogP contribution in [0.1, 0.15) is 34.1 Å². The van der Waals surface area contributed by atoms with Crippen LogP contribution in [0.25, 0.3) is 0 Å². The lowest BCUT2D eigenvalue weighted by Gasteiger charge is -1.88. The van der Waals surface area contributed by atoms with Gasteiger partial charge in [0.2, 0.25) is 0 Å². The van der Waals surface area contributed by atoms with Gasteiger partial charge in [-0.05, 0) is 25.5 Å². The summed E-state index contributed by atoms with van der Waals surface area (Å²) in [7, 11) is 0. The molecule has 0 N–H and O–H groups in total. The van der Waals surface area contributed by atoms with Gasteiger partial charge in [0.1, 0.15) is 11.7 Å². The Hall–Kier alpha value is -1.70. The highest BCUT2D eigenvalue weighted by Gasteiger charge is 1.81. The summed E-state index contributed by atoms with van der Waals surface area (Å²) in [5.74, 6) is -0.863. The van der Waals surface area contributed by atoms with Crippen molar-refractivity contribution in [2.45, 2.75) is 34.1 Å². The summed E-state index contributed by atoms with van der Waals surface area (Å²) in [4.78, 5) is 0. The van der Waals surface area contributed by atoms with Crippen LogP contribution in [0.15, 0.2) is 73.4 Å². The van der Waals surface area contributed by atoms with Crippen LogP contribution in [0, 0.1) is 0 Å². The molecule has 0 bridgehead atoms. The van der Waals surface area contributed by atoms with Crippen LogP contribution in [-0.2, 0) is 0 Å². The lowest BCUT2D eigenvalue weighted by molar-refractivity contribution is 0.670. The normalized spacial score (nSPS) is 9.16. The molecule has 0 saturated heterocycles. The highest BCUT2D eigenvalue weighted by molar-refractivity contribution is 5.20. The van der Waals surface area contributed by atoms with E-state index < -0.39 is 11.7 Å². The highest BCUT2D eigenvalue weighted by Crippen LogP contribution is 2.01. The van der Waals surface area contributed by atoms with Crippen LogP contribution in [-0.4, -0.2) is 0 Å². The maximum Gasteiger partial charge on any atom is 0.116 e. The molecular formula is C17H26F2. The van der Waals surface area contributed by atoms with Gasteiger partial charge in [-0.15, -0.1) is 0 Å². The van der Waals surface area contributed by atoms with E-state index in [2.05, 4.69) is 26.3 Å². The number of halogens is 2. The minimum absolute atomic E-state index is 0.426. The first-order valence-electron chi connectivity index (χ1n) is 6.17. The number of rotatable bonds is 5. The lowest BCUT2D eigenvalue weighted by atomic mass is 10.2. The van der Waals surface area contributed by atoms with Crippen molar-refractivity contribution >= 4 is 0 Å². The van der Waals surface area contributed by atoms with Gasteiger partial charge in [0.05, 0.1) is 0 Å². The fraction of sp³-hybridized carbons (Fsp3) is 0.294. The molecule has 0 amide bonds. The molecule has 0 rings (SSSR count). The van der Waals surface area contributed by atoms with E-state index in [4.69, 9.17) is 0 Å². The Bertz CT molecular complexity index is 328. The van der Waals surface area contributed by atoms with Gasteiger partial charge in [0, 0.05) is 0 Å². The average molecular weight is 268 g/mol. The second-order valence-electron chi connectivity index (χ2n) is 3.42. The Balaban J connectivity index is -0.000000239. The molecule has 0 saturated carbocycles. The van der Waals surface area contributed by atoms with Crippen molar-refractivity contribution in [1.82, 2.24) is 0 Å². The third-order valence-electron chi connectivity index (χ3n) is 1.50. The van der Waals surface area contributed by atoms with Crippen molar-refractivity contribution in [3.63, 3.8) is 0 Å². The van der Waals surface area contributed by atoms with Crippen LogP contribution >= 0.6 is 0 Å². The third-order valence-corrected chi connectivity index (χ3v) is 1.50. The molecule has 0 atom stereocenters. The molecule has 0 aromatic rings. The topological polar surface area (TPSA) is 0 Å². The predicted octanol–water partition coefficient (Wildman–Crippen LogP) is 6.62. The van der Waals surface area contributed by atoms with E-state index in [0.29, 0.717) is 0 Å². The van der Waals surface area contributed by atoms with Gasteiger partial charge < -0.3 is 0 Å². The molecule has 0 nitrogen and oxygen atoms in total. The number of hydrogen-bond donors (Lipinski definition) is 0. The molecule has 0 fully saturated rings. The van der Waals surface area contributed by atoms with E-state index in [-0.39, 0.29) is 0 Å². The molecule has 0 radical (unpaired) electrons. The maximum atomic E-state index is 11.9. The molecule has 0 unspecified atom stereocenters. The monoisotopic (exact) mass is 268 g/mol. The summed E-state index contributed by atoms with van der Waals surface area (Å²) in [5.41, 5.74) is 1.73. The van der Waals surface area contributed by atoms with Gasteiger partial charge >= 0.3 is 0 Å². The van der Waals surface area contributed by atoms with Crippen LogP contribution < -0.4 is 0 Å². The van der Waals surface area contributed by atoms with Gasteiger partial charge in [0.25, 0.3) is 0 Å². The molecule has 0 heterocycles. The molecule has 0 aliphatic rings. The summed E-state index contributed by atoms with van der Waals surface area (Å²) in [5, 5.41) is 0.